The Balaban J connectivity index is 1.93. The molecular weight excluding hydrogens is 609 g/mol. The van der Waals surface area contributed by atoms with E-state index >= 15 is 0 Å². The van der Waals surface area contributed by atoms with E-state index in [1.165, 1.54) is 11.4 Å². The summed E-state index contributed by atoms with van der Waals surface area (Å²) in [4.78, 5) is 29.2. The largest absolute Gasteiger partial charge is 0.495 e. The van der Waals surface area contributed by atoms with Crippen molar-refractivity contribution in [3.8, 4) is 5.75 Å². The molecule has 2 atom stereocenters. The fourth-order valence-corrected chi connectivity index (χ4v) is 5.94. The highest BCUT2D eigenvalue weighted by Gasteiger charge is 2.31. The zero-order valence-corrected chi connectivity index (χ0v) is 27.3. The molecule has 0 spiro atoms. The highest BCUT2D eigenvalue weighted by Crippen LogP contribution is 2.30. The Morgan fingerprint density at radius 2 is 1.63 bits per heavy atom. The Hall–Kier alpha value is -3.27. The van der Waals surface area contributed by atoms with Crippen molar-refractivity contribution in [1.29, 1.82) is 0 Å². The van der Waals surface area contributed by atoms with Crippen LogP contribution in [0.2, 0.25) is 10.0 Å². The summed E-state index contributed by atoms with van der Waals surface area (Å²) in [5.74, 6) is -0.150. The molecule has 0 fully saturated rings. The molecule has 3 rings (SSSR count). The highest BCUT2D eigenvalue weighted by atomic mass is 35.5. The van der Waals surface area contributed by atoms with Crippen molar-refractivity contribution in [3.05, 3.63) is 94.0 Å². The third kappa shape index (κ3) is 9.88. The van der Waals surface area contributed by atoms with Gasteiger partial charge in [0.15, 0.2) is 0 Å². The standard InChI is InChI=1S/C32H39Cl2N3O5S/c1-5-23(2)35-32(39)29(21-24-12-7-6-8-13-24)36(22-25-17-18-26(33)27(34)20-25)31(38)16-11-19-37(43(4,40)41)28-14-9-10-15-30(28)42-3/h6-10,12-15,17-18,20,23,29H,5,11,16,19,21-22H2,1-4H3,(H,35,39)/t23-,29-/m1/s1. The second-order valence-corrected chi connectivity index (χ2v) is 13.1. The van der Waals surface area contributed by atoms with E-state index in [4.69, 9.17) is 27.9 Å². The normalized spacial score (nSPS) is 12.7. The van der Waals surface area contributed by atoms with Gasteiger partial charge in [0.2, 0.25) is 21.8 Å². The average molecular weight is 649 g/mol. The molecule has 0 aliphatic heterocycles. The molecule has 2 amide bonds. The zero-order chi connectivity index (χ0) is 31.6. The van der Waals surface area contributed by atoms with Crippen LogP contribution < -0.4 is 14.4 Å². The van der Waals surface area contributed by atoms with Crippen LogP contribution in [-0.4, -0.2) is 57.1 Å². The molecule has 0 aromatic heterocycles. The molecule has 8 nitrogen and oxygen atoms in total. The fourth-order valence-electron chi connectivity index (χ4n) is 4.65. The minimum absolute atomic E-state index is 0.00436. The summed E-state index contributed by atoms with van der Waals surface area (Å²) in [5.41, 5.74) is 2.00. The smallest absolute Gasteiger partial charge is 0.243 e. The van der Waals surface area contributed by atoms with Crippen LogP contribution in [0.5, 0.6) is 5.75 Å². The van der Waals surface area contributed by atoms with Gasteiger partial charge in [0.25, 0.3) is 0 Å². The summed E-state index contributed by atoms with van der Waals surface area (Å²) in [6.45, 7) is 4.06. The van der Waals surface area contributed by atoms with Crippen molar-refractivity contribution in [2.45, 2.75) is 58.2 Å². The number of methoxy groups -OCH3 is 1. The molecule has 43 heavy (non-hydrogen) atoms. The summed E-state index contributed by atoms with van der Waals surface area (Å²) in [5, 5.41) is 3.77. The lowest BCUT2D eigenvalue weighted by Gasteiger charge is -2.33. The van der Waals surface area contributed by atoms with Crippen LogP contribution in [0.25, 0.3) is 0 Å². The number of nitrogens with zero attached hydrogens (tertiary/aromatic N) is 2. The van der Waals surface area contributed by atoms with Crippen molar-refractivity contribution in [2.24, 2.45) is 0 Å². The van der Waals surface area contributed by atoms with Gasteiger partial charge < -0.3 is 15.0 Å². The second kappa shape index (κ2) is 16.0. The molecule has 0 saturated carbocycles. The predicted molar refractivity (Wildman–Crippen MR) is 173 cm³/mol. The molecule has 0 unspecified atom stereocenters. The van der Waals surface area contributed by atoms with Gasteiger partial charge >= 0.3 is 0 Å². The highest BCUT2D eigenvalue weighted by molar-refractivity contribution is 7.92. The number of sulfonamides is 1. The summed E-state index contributed by atoms with van der Waals surface area (Å²) < 4.78 is 32.1. The van der Waals surface area contributed by atoms with Crippen LogP contribution in [0.15, 0.2) is 72.8 Å². The number of anilines is 1. The van der Waals surface area contributed by atoms with Crippen LogP contribution in [0.3, 0.4) is 0 Å². The Labute approximate surface area is 265 Å². The number of carbonyl (C=O) groups excluding carboxylic acids is 2. The number of rotatable bonds is 15. The van der Waals surface area contributed by atoms with Gasteiger partial charge in [0, 0.05) is 32.0 Å². The van der Waals surface area contributed by atoms with Crippen LogP contribution in [0.4, 0.5) is 5.69 Å². The first-order valence-electron chi connectivity index (χ1n) is 14.1. The SMILES string of the molecule is CC[C@@H](C)NC(=O)[C@@H](Cc1ccccc1)N(Cc1ccc(Cl)c(Cl)c1)C(=O)CCCN(c1ccccc1OC)S(C)(=O)=O. The fraction of sp³-hybridized carbons (Fsp3) is 0.375. The number of hydrogen-bond acceptors (Lipinski definition) is 5. The lowest BCUT2D eigenvalue weighted by atomic mass is 10.0. The Morgan fingerprint density at radius 3 is 2.26 bits per heavy atom. The quantitative estimate of drug-likeness (QED) is 0.215. The molecule has 0 aliphatic rings. The predicted octanol–water partition coefficient (Wildman–Crippen LogP) is 6.10. The number of amides is 2. The third-order valence-electron chi connectivity index (χ3n) is 7.12. The van der Waals surface area contributed by atoms with Gasteiger partial charge in [-0.15, -0.1) is 0 Å². The topological polar surface area (TPSA) is 96.0 Å². The van der Waals surface area contributed by atoms with E-state index in [-0.39, 0.29) is 43.8 Å². The number of para-hydroxylation sites is 2. The Kier molecular flexibility index (Phi) is 12.7. The van der Waals surface area contributed by atoms with Crippen molar-refractivity contribution in [3.63, 3.8) is 0 Å². The number of benzene rings is 3. The molecule has 0 aliphatic carbocycles. The Bertz CT molecular complexity index is 1490. The zero-order valence-electron chi connectivity index (χ0n) is 24.9. The van der Waals surface area contributed by atoms with Crippen LogP contribution in [0.1, 0.15) is 44.2 Å². The van der Waals surface area contributed by atoms with E-state index in [0.717, 1.165) is 18.2 Å². The van der Waals surface area contributed by atoms with Gasteiger partial charge in [-0.1, -0.05) is 78.7 Å². The number of ether oxygens (including phenoxy) is 1. The molecule has 0 radical (unpaired) electrons. The monoisotopic (exact) mass is 647 g/mol. The van der Waals surface area contributed by atoms with E-state index in [1.807, 2.05) is 44.2 Å². The van der Waals surface area contributed by atoms with Crippen LogP contribution in [-0.2, 0) is 32.6 Å². The molecule has 1 N–H and O–H groups in total. The molecule has 0 heterocycles. The molecule has 232 valence electrons. The first kappa shape index (κ1) is 34.2. The van der Waals surface area contributed by atoms with Crippen molar-refractivity contribution < 1.29 is 22.7 Å². The summed E-state index contributed by atoms with van der Waals surface area (Å²) >= 11 is 12.4. The number of nitrogens with one attached hydrogen (secondary N) is 1. The van der Waals surface area contributed by atoms with Gasteiger partial charge in [0.1, 0.15) is 11.8 Å². The lowest BCUT2D eigenvalue weighted by Crippen LogP contribution is -2.52. The lowest BCUT2D eigenvalue weighted by molar-refractivity contribution is -0.141. The molecule has 0 saturated heterocycles. The van der Waals surface area contributed by atoms with Gasteiger partial charge in [-0.3, -0.25) is 13.9 Å². The van der Waals surface area contributed by atoms with E-state index in [9.17, 15) is 18.0 Å². The molecular formula is C32H39Cl2N3O5S. The maximum atomic E-state index is 14.0. The van der Waals surface area contributed by atoms with Crippen molar-refractivity contribution in [1.82, 2.24) is 10.2 Å². The Morgan fingerprint density at radius 1 is 0.953 bits per heavy atom. The van der Waals surface area contributed by atoms with Crippen molar-refractivity contribution >= 4 is 50.7 Å². The van der Waals surface area contributed by atoms with Gasteiger partial charge in [-0.25, -0.2) is 8.42 Å². The van der Waals surface area contributed by atoms with E-state index < -0.39 is 16.1 Å². The van der Waals surface area contributed by atoms with Crippen molar-refractivity contribution in [2.75, 3.05) is 24.2 Å². The minimum Gasteiger partial charge on any atom is -0.495 e. The number of carbonyl (C=O) groups is 2. The third-order valence-corrected chi connectivity index (χ3v) is 9.03. The van der Waals surface area contributed by atoms with E-state index in [1.54, 1.807) is 47.4 Å². The van der Waals surface area contributed by atoms with E-state index in [2.05, 4.69) is 5.32 Å². The van der Waals surface area contributed by atoms with Gasteiger partial charge in [0.05, 0.1) is 29.1 Å². The number of halogens is 2. The van der Waals surface area contributed by atoms with E-state index in [0.29, 0.717) is 33.5 Å². The summed E-state index contributed by atoms with van der Waals surface area (Å²) in [6, 6.07) is 20.5. The van der Waals surface area contributed by atoms with Gasteiger partial charge in [-0.05, 0) is 55.2 Å². The average Bonchev–Trinajstić information content (AvgIpc) is 2.98. The summed E-state index contributed by atoms with van der Waals surface area (Å²) in [7, 11) is -2.20. The maximum Gasteiger partial charge on any atom is 0.243 e. The van der Waals surface area contributed by atoms with Crippen LogP contribution in [0, 0.1) is 0 Å². The second-order valence-electron chi connectivity index (χ2n) is 10.4. The molecule has 11 heteroatoms. The number of hydrogen-bond donors (Lipinski definition) is 1. The van der Waals surface area contributed by atoms with Gasteiger partial charge in [-0.2, -0.15) is 0 Å². The maximum absolute atomic E-state index is 14.0. The molecule has 3 aromatic carbocycles. The first-order valence-corrected chi connectivity index (χ1v) is 16.7. The molecule has 0 bridgehead atoms. The summed E-state index contributed by atoms with van der Waals surface area (Å²) in [6.07, 6.45) is 2.37. The minimum atomic E-state index is -3.68. The molecule has 3 aromatic rings. The first-order chi connectivity index (χ1) is 20.4. The van der Waals surface area contributed by atoms with Crippen LogP contribution >= 0.6 is 23.2 Å².